The molecule has 1 saturated carbocycles. The molecule has 2 aliphatic rings. The predicted molar refractivity (Wildman–Crippen MR) is 151 cm³/mol. The highest BCUT2D eigenvalue weighted by atomic mass is 32.1. The molecule has 206 valence electrons. The van der Waals surface area contributed by atoms with E-state index in [9.17, 15) is 14.4 Å². The zero-order chi connectivity index (χ0) is 26.9. The van der Waals surface area contributed by atoms with Crippen molar-refractivity contribution in [1.29, 1.82) is 0 Å². The van der Waals surface area contributed by atoms with Gasteiger partial charge in [-0.2, -0.15) is 0 Å². The van der Waals surface area contributed by atoms with Crippen molar-refractivity contribution in [2.45, 2.75) is 83.8 Å². The van der Waals surface area contributed by atoms with Crippen molar-refractivity contribution in [3.8, 4) is 0 Å². The minimum atomic E-state index is -0.254. The standard InChI is InChI=1S/C29H41N5O3S/c1-21(2)34(28(37)23-11-7-4-8-12-23)19-27(36)32-29-31-25(20-38-29)17-26(35)30-24-13-15-33(16-14-24)18-22-9-5-3-6-10-22/h3,5-6,9-10,20-21,23-24H,4,7-8,11-19H2,1-2H3,(H,30,35)(H,31,32,36). The van der Waals surface area contributed by atoms with E-state index in [2.05, 4.69) is 44.8 Å². The second kappa shape index (κ2) is 13.8. The lowest BCUT2D eigenvalue weighted by Gasteiger charge is -2.32. The number of thiazole rings is 1. The molecule has 2 N–H and O–H groups in total. The highest BCUT2D eigenvalue weighted by Crippen LogP contribution is 2.26. The number of rotatable bonds is 10. The van der Waals surface area contributed by atoms with E-state index in [1.54, 1.807) is 4.90 Å². The number of aromatic nitrogens is 1. The van der Waals surface area contributed by atoms with Crippen LogP contribution in [0.1, 0.15) is 70.1 Å². The number of nitrogens with one attached hydrogen (secondary N) is 2. The van der Waals surface area contributed by atoms with Gasteiger partial charge >= 0.3 is 0 Å². The van der Waals surface area contributed by atoms with E-state index >= 15 is 0 Å². The van der Waals surface area contributed by atoms with Gasteiger partial charge < -0.3 is 15.5 Å². The van der Waals surface area contributed by atoms with E-state index in [1.807, 2.05) is 25.3 Å². The summed E-state index contributed by atoms with van der Waals surface area (Å²) in [6.45, 7) is 6.78. The molecule has 9 heteroatoms. The Kier molecular flexibility index (Phi) is 10.3. The van der Waals surface area contributed by atoms with Gasteiger partial charge in [-0.05, 0) is 45.1 Å². The lowest BCUT2D eigenvalue weighted by molar-refractivity contribution is -0.141. The molecule has 0 radical (unpaired) electrons. The van der Waals surface area contributed by atoms with Crippen molar-refractivity contribution >= 4 is 34.2 Å². The molecule has 1 aliphatic carbocycles. The van der Waals surface area contributed by atoms with Crippen molar-refractivity contribution in [1.82, 2.24) is 20.1 Å². The SMILES string of the molecule is CC(C)N(CC(=O)Nc1nc(CC(=O)NC2CCN(Cc3ccccc3)CC2)cs1)C(=O)C1CCCCC1. The van der Waals surface area contributed by atoms with Crippen LogP contribution in [-0.2, 0) is 27.3 Å². The summed E-state index contributed by atoms with van der Waals surface area (Å²) >= 11 is 1.31. The zero-order valence-corrected chi connectivity index (χ0v) is 23.5. The van der Waals surface area contributed by atoms with Gasteiger partial charge in [-0.15, -0.1) is 11.3 Å². The second-order valence-electron chi connectivity index (χ2n) is 10.9. The number of carbonyl (C=O) groups is 3. The van der Waals surface area contributed by atoms with Crippen LogP contribution in [-0.4, -0.2) is 64.2 Å². The summed E-state index contributed by atoms with van der Waals surface area (Å²) in [5.74, 6) is -0.188. The highest BCUT2D eigenvalue weighted by Gasteiger charge is 2.29. The summed E-state index contributed by atoms with van der Waals surface area (Å²) in [5.41, 5.74) is 1.96. The molecule has 3 amide bonds. The Morgan fingerprint density at radius 1 is 1.03 bits per heavy atom. The van der Waals surface area contributed by atoms with Crippen LogP contribution in [0.3, 0.4) is 0 Å². The van der Waals surface area contributed by atoms with Gasteiger partial charge in [0.25, 0.3) is 0 Å². The number of piperidine rings is 1. The van der Waals surface area contributed by atoms with Gasteiger partial charge in [0.05, 0.1) is 12.1 Å². The van der Waals surface area contributed by atoms with Gasteiger partial charge in [-0.1, -0.05) is 49.6 Å². The lowest BCUT2D eigenvalue weighted by Crippen LogP contribution is -2.45. The van der Waals surface area contributed by atoms with Gasteiger partial charge in [0.2, 0.25) is 17.7 Å². The Morgan fingerprint density at radius 2 is 1.74 bits per heavy atom. The molecule has 4 rings (SSSR count). The summed E-state index contributed by atoms with van der Waals surface area (Å²) in [7, 11) is 0. The van der Waals surface area contributed by atoms with E-state index in [0.717, 1.165) is 58.2 Å². The second-order valence-corrected chi connectivity index (χ2v) is 11.7. The van der Waals surface area contributed by atoms with Crippen LogP contribution in [0.15, 0.2) is 35.7 Å². The van der Waals surface area contributed by atoms with E-state index in [4.69, 9.17) is 0 Å². The number of amides is 3. The fraction of sp³-hybridized carbons (Fsp3) is 0.586. The van der Waals surface area contributed by atoms with Crippen molar-refractivity contribution in [3.05, 3.63) is 47.0 Å². The number of likely N-dealkylation sites (tertiary alicyclic amines) is 1. The van der Waals surface area contributed by atoms with E-state index in [-0.39, 0.29) is 48.7 Å². The maximum atomic E-state index is 13.0. The summed E-state index contributed by atoms with van der Waals surface area (Å²) in [5, 5.41) is 8.24. The minimum absolute atomic E-state index is 0.0192. The van der Waals surface area contributed by atoms with Crippen LogP contribution >= 0.6 is 11.3 Å². The number of anilines is 1. The number of nitrogens with zero attached hydrogens (tertiary/aromatic N) is 3. The molecule has 1 saturated heterocycles. The first-order valence-corrected chi connectivity index (χ1v) is 14.9. The minimum Gasteiger partial charge on any atom is -0.353 e. The Balaban J connectivity index is 1.19. The summed E-state index contributed by atoms with van der Waals surface area (Å²) in [4.78, 5) is 46.9. The molecular weight excluding hydrogens is 498 g/mol. The number of hydrogen-bond acceptors (Lipinski definition) is 6. The molecule has 2 heterocycles. The van der Waals surface area contributed by atoms with Gasteiger partial charge in [0.15, 0.2) is 5.13 Å². The van der Waals surface area contributed by atoms with Crippen molar-refractivity contribution < 1.29 is 14.4 Å². The molecule has 1 aromatic heterocycles. The van der Waals surface area contributed by atoms with E-state index in [1.165, 1.54) is 23.3 Å². The van der Waals surface area contributed by atoms with Crippen molar-refractivity contribution in [3.63, 3.8) is 0 Å². The first-order chi connectivity index (χ1) is 18.4. The molecule has 2 aromatic rings. The van der Waals surface area contributed by atoms with Crippen LogP contribution in [0.25, 0.3) is 0 Å². The third-order valence-electron chi connectivity index (χ3n) is 7.52. The normalized spacial score (nSPS) is 17.3. The summed E-state index contributed by atoms with van der Waals surface area (Å²) in [6.07, 6.45) is 7.22. The maximum absolute atomic E-state index is 13.0. The predicted octanol–water partition coefficient (Wildman–Crippen LogP) is 4.22. The van der Waals surface area contributed by atoms with Gasteiger partial charge in [0.1, 0.15) is 6.54 Å². The Labute approximate surface area is 230 Å². The number of carbonyl (C=O) groups excluding carboxylic acids is 3. The number of benzene rings is 1. The lowest BCUT2D eigenvalue weighted by atomic mass is 9.88. The van der Waals surface area contributed by atoms with Gasteiger partial charge in [-0.25, -0.2) is 4.98 Å². The molecule has 38 heavy (non-hydrogen) atoms. The highest BCUT2D eigenvalue weighted by molar-refractivity contribution is 7.13. The first-order valence-electron chi connectivity index (χ1n) is 14.0. The molecule has 8 nitrogen and oxygen atoms in total. The monoisotopic (exact) mass is 539 g/mol. The molecule has 1 aliphatic heterocycles. The summed E-state index contributed by atoms with van der Waals surface area (Å²) < 4.78 is 0. The smallest absolute Gasteiger partial charge is 0.245 e. The van der Waals surface area contributed by atoms with Gasteiger partial charge in [0, 0.05) is 43.0 Å². The molecule has 0 bridgehead atoms. The third kappa shape index (κ3) is 8.36. The third-order valence-corrected chi connectivity index (χ3v) is 8.32. The number of hydrogen-bond donors (Lipinski definition) is 2. The Bertz CT molecular complexity index is 1060. The van der Waals surface area contributed by atoms with Gasteiger partial charge in [-0.3, -0.25) is 19.3 Å². The maximum Gasteiger partial charge on any atom is 0.245 e. The molecule has 0 atom stereocenters. The quantitative estimate of drug-likeness (QED) is 0.471. The van der Waals surface area contributed by atoms with Crippen molar-refractivity contribution in [2.24, 2.45) is 5.92 Å². The van der Waals surface area contributed by atoms with Crippen LogP contribution in [0.2, 0.25) is 0 Å². The molecule has 1 aromatic carbocycles. The van der Waals surface area contributed by atoms with Crippen LogP contribution in [0.4, 0.5) is 5.13 Å². The fourth-order valence-corrected chi connectivity index (χ4v) is 6.10. The molecule has 0 unspecified atom stereocenters. The topological polar surface area (TPSA) is 94.6 Å². The van der Waals surface area contributed by atoms with Crippen molar-refractivity contribution in [2.75, 3.05) is 25.0 Å². The van der Waals surface area contributed by atoms with Crippen LogP contribution < -0.4 is 10.6 Å². The fourth-order valence-electron chi connectivity index (χ4n) is 5.38. The molecule has 0 spiro atoms. The molecular formula is C29H41N5O3S. The average molecular weight is 540 g/mol. The molecule has 2 fully saturated rings. The van der Waals surface area contributed by atoms with E-state index in [0.29, 0.717) is 10.8 Å². The van der Waals surface area contributed by atoms with Crippen LogP contribution in [0.5, 0.6) is 0 Å². The Hall–Kier alpha value is -2.78. The zero-order valence-electron chi connectivity index (χ0n) is 22.7. The average Bonchev–Trinajstić information content (AvgIpc) is 3.35. The van der Waals surface area contributed by atoms with Crippen LogP contribution in [0, 0.1) is 5.92 Å². The summed E-state index contributed by atoms with van der Waals surface area (Å²) in [6, 6.07) is 10.6. The first kappa shape index (κ1) is 28.2. The largest absolute Gasteiger partial charge is 0.353 e. The Morgan fingerprint density at radius 3 is 2.42 bits per heavy atom. The van der Waals surface area contributed by atoms with E-state index < -0.39 is 0 Å².